The maximum Gasteiger partial charge on any atom is 0.309 e. The van der Waals surface area contributed by atoms with Crippen molar-refractivity contribution in [2.24, 2.45) is 23.7 Å². The molecule has 1 saturated heterocycles. The third kappa shape index (κ3) is 0.608. The van der Waals surface area contributed by atoms with Gasteiger partial charge in [-0.25, -0.2) is 0 Å². The first kappa shape index (κ1) is 6.04. The first-order chi connectivity index (χ1) is 5.36. The van der Waals surface area contributed by atoms with Crippen molar-refractivity contribution in [3.05, 3.63) is 0 Å². The second-order valence-electron chi connectivity index (χ2n) is 4.15. The standard InChI is InChI=1S/C9H12O2/c10-9-8-6-2-1-5(3-6)7(8)4-11-9/h5-8H,1-4H2/t5-,6-,7-,8-/m0/s1. The number of carbonyl (C=O) groups excluding carboxylic acids is 1. The van der Waals surface area contributed by atoms with Gasteiger partial charge in [0.1, 0.15) is 0 Å². The summed E-state index contributed by atoms with van der Waals surface area (Å²) in [4.78, 5) is 11.2. The van der Waals surface area contributed by atoms with Crippen LogP contribution >= 0.6 is 0 Å². The fourth-order valence-corrected chi connectivity index (χ4v) is 3.29. The van der Waals surface area contributed by atoms with Gasteiger partial charge >= 0.3 is 5.97 Å². The van der Waals surface area contributed by atoms with Gasteiger partial charge in [-0.1, -0.05) is 0 Å². The molecule has 1 heterocycles. The summed E-state index contributed by atoms with van der Waals surface area (Å²) in [5.41, 5.74) is 0. The molecule has 3 rings (SSSR count). The lowest BCUT2D eigenvalue weighted by Gasteiger charge is -2.19. The first-order valence-electron chi connectivity index (χ1n) is 4.53. The highest BCUT2D eigenvalue weighted by Crippen LogP contribution is 2.54. The van der Waals surface area contributed by atoms with Gasteiger partial charge in [-0.3, -0.25) is 4.79 Å². The Morgan fingerprint density at radius 2 is 2.09 bits per heavy atom. The Hall–Kier alpha value is -0.530. The van der Waals surface area contributed by atoms with Crippen molar-refractivity contribution in [2.75, 3.05) is 6.61 Å². The van der Waals surface area contributed by atoms with Crippen molar-refractivity contribution < 1.29 is 9.53 Å². The van der Waals surface area contributed by atoms with Gasteiger partial charge in [0.05, 0.1) is 12.5 Å². The SMILES string of the molecule is O=C1OC[C@H]2[C@H]3CC[C@@H](C3)[C@H]12. The maximum absolute atomic E-state index is 11.2. The van der Waals surface area contributed by atoms with Crippen LogP contribution in [0.3, 0.4) is 0 Å². The number of cyclic esters (lactones) is 1. The molecule has 3 fully saturated rings. The Kier molecular flexibility index (Phi) is 0.984. The third-order valence-corrected chi connectivity index (χ3v) is 3.78. The highest BCUT2D eigenvalue weighted by Gasteiger charge is 2.54. The van der Waals surface area contributed by atoms with Gasteiger partial charge in [0.25, 0.3) is 0 Å². The molecule has 4 atom stereocenters. The summed E-state index contributed by atoms with van der Waals surface area (Å²) < 4.78 is 5.06. The average molecular weight is 152 g/mol. The molecule has 2 saturated carbocycles. The minimum Gasteiger partial charge on any atom is -0.465 e. The molecular weight excluding hydrogens is 140 g/mol. The van der Waals surface area contributed by atoms with Gasteiger partial charge in [-0.15, -0.1) is 0 Å². The summed E-state index contributed by atoms with van der Waals surface area (Å²) in [5, 5.41) is 0. The molecule has 0 aromatic heterocycles. The Labute approximate surface area is 65.9 Å². The highest BCUT2D eigenvalue weighted by atomic mass is 16.5. The van der Waals surface area contributed by atoms with Gasteiger partial charge in [-0.2, -0.15) is 0 Å². The Morgan fingerprint density at radius 3 is 2.91 bits per heavy atom. The lowest BCUT2D eigenvalue weighted by Crippen LogP contribution is -2.22. The number of esters is 1. The van der Waals surface area contributed by atoms with E-state index in [1.54, 1.807) is 0 Å². The molecule has 0 radical (unpaired) electrons. The van der Waals surface area contributed by atoms with Crippen LogP contribution in [-0.4, -0.2) is 12.6 Å². The van der Waals surface area contributed by atoms with Gasteiger partial charge < -0.3 is 4.74 Å². The molecule has 2 nitrogen and oxygen atoms in total. The molecule has 0 N–H and O–H groups in total. The fraction of sp³-hybridized carbons (Fsp3) is 0.889. The number of rotatable bonds is 0. The lowest BCUT2D eigenvalue weighted by atomic mass is 9.81. The molecule has 0 aromatic rings. The Bertz CT molecular complexity index is 212. The van der Waals surface area contributed by atoms with Crippen LogP contribution in [0.2, 0.25) is 0 Å². The van der Waals surface area contributed by atoms with Crippen LogP contribution in [0.15, 0.2) is 0 Å². The maximum atomic E-state index is 11.2. The number of hydrogen-bond acceptors (Lipinski definition) is 2. The zero-order valence-corrected chi connectivity index (χ0v) is 6.45. The molecule has 2 bridgehead atoms. The second kappa shape index (κ2) is 1.79. The summed E-state index contributed by atoms with van der Waals surface area (Å²) in [5.74, 6) is 2.55. The van der Waals surface area contributed by atoms with Gasteiger partial charge in [0, 0.05) is 5.92 Å². The highest BCUT2D eigenvalue weighted by molar-refractivity contribution is 5.75. The van der Waals surface area contributed by atoms with Crippen molar-refractivity contribution in [2.45, 2.75) is 19.3 Å². The van der Waals surface area contributed by atoms with Crippen LogP contribution in [0.5, 0.6) is 0 Å². The molecule has 2 heteroatoms. The minimum atomic E-state index is 0.0993. The van der Waals surface area contributed by atoms with Crippen LogP contribution in [-0.2, 0) is 9.53 Å². The van der Waals surface area contributed by atoms with E-state index >= 15 is 0 Å². The van der Waals surface area contributed by atoms with Crippen LogP contribution in [0.1, 0.15) is 19.3 Å². The van der Waals surface area contributed by atoms with E-state index in [4.69, 9.17) is 4.74 Å². The van der Waals surface area contributed by atoms with Crippen molar-refractivity contribution in [1.82, 2.24) is 0 Å². The van der Waals surface area contributed by atoms with E-state index in [9.17, 15) is 4.79 Å². The van der Waals surface area contributed by atoms with Gasteiger partial charge in [0.15, 0.2) is 0 Å². The summed E-state index contributed by atoms with van der Waals surface area (Å²) in [6, 6.07) is 0. The van der Waals surface area contributed by atoms with Crippen LogP contribution in [0.4, 0.5) is 0 Å². The smallest absolute Gasteiger partial charge is 0.309 e. The Morgan fingerprint density at radius 1 is 1.27 bits per heavy atom. The number of carbonyl (C=O) groups is 1. The van der Waals surface area contributed by atoms with E-state index < -0.39 is 0 Å². The minimum absolute atomic E-state index is 0.0993. The number of hydrogen-bond donors (Lipinski definition) is 0. The first-order valence-corrected chi connectivity index (χ1v) is 4.53. The molecule has 0 amide bonds. The Balaban J connectivity index is 1.97. The summed E-state index contributed by atoms with van der Waals surface area (Å²) in [6.45, 7) is 0.727. The van der Waals surface area contributed by atoms with E-state index in [1.807, 2.05) is 0 Å². The molecule has 1 aliphatic heterocycles. The second-order valence-corrected chi connectivity index (χ2v) is 4.15. The monoisotopic (exact) mass is 152 g/mol. The average Bonchev–Trinajstić information content (AvgIpc) is 2.60. The number of fused-ring (bicyclic) bond motifs is 5. The van der Waals surface area contributed by atoms with Crippen LogP contribution < -0.4 is 0 Å². The van der Waals surface area contributed by atoms with Crippen LogP contribution in [0.25, 0.3) is 0 Å². The van der Waals surface area contributed by atoms with Gasteiger partial charge in [0.2, 0.25) is 0 Å². The summed E-state index contributed by atoms with van der Waals surface area (Å²) in [7, 11) is 0. The molecule has 0 spiro atoms. The molecular formula is C9H12O2. The number of ether oxygens (including phenoxy) is 1. The molecule has 3 aliphatic rings. The molecule has 60 valence electrons. The predicted octanol–water partition coefficient (Wildman–Crippen LogP) is 1.21. The van der Waals surface area contributed by atoms with E-state index in [-0.39, 0.29) is 5.97 Å². The molecule has 0 unspecified atom stereocenters. The largest absolute Gasteiger partial charge is 0.465 e. The summed E-state index contributed by atoms with van der Waals surface area (Å²) in [6.07, 6.45) is 3.94. The quantitative estimate of drug-likeness (QED) is 0.487. The zero-order valence-electron chi connectivity index (χ0n) is 6.45. The van der Waals surface area contributed by atoms with Crippen molar-refractivity contribution in [3.63, 3.8) is 0 Å². The normalized spacial score (nSPS) is 52.9. The van der Waals surface area contributed by atoms with Crippen molar-refractivity contribution in [1.29, 1.82) is 0 Å². The predicted molar refractivity (Wildman–Crippen MR) is 38.8 cm³/mol. The molecule has 0 aromatic carbocycles. The van der Waals surface area contributed by atoms with E-state index in [2.05, 4.69) is 0 Å². The van der Waals surface area contributed by atoms with E-state index in [1.165, 1.54) is 19.3 Å². The van der Waals surface area contributed by atoms with Crippen molar-refractivity contribution in [3.8, 4) is 0 Å². The van der Waals surface area contributed by atoms with Crippen molar-refractivity contribution >= 4 is 5.97 Å². The topological polar surface area (TPSA) is 26.3 Å². The molecule has 11 heavy (non-hydrogen) atoms. The van der Waals surface area contributed by atoms with Crippen LogP contribution in [0, 0.1) is 23.7 Å². The molecule has 2 aliphatic carbocycles. The summed E-state index contributed by atoms with van der Waals surface area (Å²) >= 11 is 0. The lowest BCUT2D eigenvalue weighted by molar-refractivity contribution is -0.142. The van der Waals surface area contributed by atoms with Gasteiger partial charge in [-0.05, 0) is 31.1 Å². The van der Waals surface area contributed by atoms with E-state index in [0.29, 0.717) is 17.8 Å². The van der Waals surface area contributed by atoms with E-state index in [0.717, 1.165) is 12.5 Å². The third-order valence-electron chi connectivity index (χ3n) is 3.78. The zero-order chi connectivity index (χ0) is 7.42. The fourth-order valence-electron chi connectivity index (χ4n) is 3.29.